The van der Waals surface area contributed by atoms with Crippen LogP contribution in [0.5, 0.6) is 0 Å². The summed E-state index contributed by atoms with van der Waals surface area (Å²) in [7, 11) is 0. The van der Waals surface area contributed by atoms with Gasteiger partial charge in [-0.25, -0.2) is 4.39 Å². The molecule has 0 atom stereocenters. The van der Waals surface area contributed by atoms with Crippen molar-refractivity contribution in [2.45, 2.75) is 27.2 Å². The third-order valence-corrected chi connectivity index (χ3v) is 3.81. The Morgan fingerprint density at radius 3 is 2.65 bits per heavy atom. The zero-order valence-electron chi connectivity index (χ0n) is 9.95. The fourth-order valence-electron chi connectivity index (χ4n) is 2.14. The van der Waals surface area contributed by atoms with E-state index in [1.807, 2.05) is 13.8 Å². The van der Waals surface area contributed by atoms with E-state index in [1.54, 1.807) is 6.92 Å². The van der Waals surface area contributed by atoms with Crippen molar-refractivity contribution in [1.82, 2.24) is 4.98 Å². The van der Waals surface area contributed by atoms with Gasteiger partial charge in [-0.1, -0.05) is 6.92 Å². The van der Waals surface area contributed by atoms with Crippen LogP contribution in [0.4, 0.5) is 4.39 Å². The molecule has 0 amide bonds. The Kier molecular flexibility index (Phi) is 3.08. The fraction of sp³-hybridized carbons (Fsp3) is 0.308. The van der Waals surface area contributed by atoms with Crippen LogP contribution in [0.15, 0.2) is 15.3 Å². The Bertz CT molecular complexity index is 661. The molecule has 1 aromatic carbocycles. The number of halogens is 2. The number of aromatic amines is 1. The van der Waals surface area contributed by atoms with Gasteiger partial charge in [0.1, 0.15) is 5.82 Å². The lowest BCUT2D eigenvalue weighted by Gasteiger charge is -2.10. The van der Waals surface area contributed by atoms with Crippen LogP contribution in [0.25, 0.3) is 10.9 Å². The van der Waals surface area contributed by atoms with Crippen molar-refractivity contribution in [3.63, 3.8) is 0 Å². The summed E-state index contributed by atoms with van der Waals surface area (Å²) in [5, 5.41) is 0.407. The average molecular weight is 298 g/mol. The third kappa shape index (κ3) is 1.80. The van der Waals surface area contributed by atoms with E-state index >= 15 is 0 Å². The van der Waals surface area contributed by atoms with Crippen LogP contribution in [0.1, 0.15) is 23.7 Å². The van der Waals surface area contributed by atoms with Crippen LogP contribution in [-0.2, 0) is 6.42 Å². The fourth-order valence-corrected chi connectivity index (χ4v) is 2.63. The largest absolute Gasteiger partial charge is 0.358 e. The Hall–Kier alpha value is -1.16. The maximum Gasteiger partial charge on any atom is 0.194 e. The molecular formula is C13H13BrFNO. The van der Waals surface area contributed by atoms with E-state index in [0.29, 0.717) is 22.9 Å². The van der Waals surface area contributed by atoms with Crippen LogP contribution < -0.4 is 5.43 Å². The number of benzene rings is 1. The number of aromatic nitrogens is 1. The SMILES string of the molecule is CCc1c(C)[nH]c2c(C)cc(F)c(Br)c2c1=O. The number of pyridine rings is 1. The molecular weight excluding hydrogens is 285 g/mol. The minimum atomic E-state index is -0.397. The van der Waals surface area contributed by atoms with E-state index in [0.717, 1.165) is 11.3 Å². The van der Waals surface area contributed by atoms with Crippen LogP contribution in [0.3, 0.4) is 0 Å². The lowest BCUT2D eigenvalue weighted by atomic mass is 10.0. The van der Waals surface area contributed by atoms with Gasteiger partial charge in [0.2, 0.25) is 0 Å². The minimum absolute atomic E-state index is 0.0896. The molecule has 0 unspecified atom stereocenters. The molecule has 0 radical (unpaired) electrons. The predicted molar refractivity (Wildman–Crippen MR) is 71.1 cm³/mol. The summed E-state index contributed by atoms with van der Waals surface area (Å²) in [4.78, 5) is 15.5. The highest BCUT2D eigenvalue weighted by atomic mass is 79.9. The number of aryl methyl sites for hydroxylation is 2. The van der Waals surface area contributed by atoms with Gasteiger partial charge in [-0.2, -0.15) is 0 Å². The summed E-state index contributed by atoms with van der Waals surface area (Å²) >= 11 is 3.16. The summed E-state index contributed by atoms with van der Waals surface area (Å²) < 4.78 is 13.9. The number of rotatable bonds is 1. The Morgan fingerprint density at radius 2 is 2.06 bits per heavy atom. The van der Waals surface area contributed by atoms with Gasteiger partial charge in [-0.3, -0.25) is 4.79 Å². The minimum Gasteiger partial charge on any atom is -0.358 e. The molecule has 17 heavy (non-hydrogen) atoms. The molecule has 2 aromatic rings. The van der Waals surface area contributed by atoms with Crippen molar-refractivity contribution >= 4 is 26.8 Å². The molecule has 0 aliphatic rings. The molecule has 1 aromatic heterocycles. The lowest BCUT2D eigenvalue weighted by Crippen LogP contribution is -2.14. The highest BCUT2D eigenvalue weighted by Crippen LogP contribution is 2.27. The molecule has 2 nitrogen and oxygen atoms in total. The zero-order valence-corrected chi connectivity index (χ0v) is 11.5. The van der Waals surface area contributed by atoms with Gasteiger partial charge < -0.3 is 4.98 Å². The second kappa shape index (κ2) is 4.26. The first kappa shape index (κ1) is 12.3. The standard InChI is InChI=1S/C13H13BrFNO/c1-4-8-7(3)16-12-6(2)5-9(15)11(14)10(12)13(8)17/h5H,4H2,1-3H3,(H,16,17). The number of H-pyrrole nitrogens is 1. The average Bonchev–Trinajstić information content (AvgIpc) is 2.26. The number of fused-ring (bicyclic) bond motifs is 1. The number of hydrogen-bond donors (Lipinski definition) is 1. The van der Waals surface area contributed by atoms with Crippen molar-refractivity contribution in [1.29, 1.82) is 0 Å². The first-order chi connectivity index (χ1) is 7.97. The molecule has 0 fully saturated rings. The molecule has 0 aliphatic heterocycles. The second-order valence-corrected chi connectivity index (χ2v) is 4.94. The molecule has 0 aliphatic carbocycles. The van der Waals surface area contributed by atoms with Crippen LogP contribution >= 0.6 is 15.9 Å². The van der Waals surface area contributed by atoms with E-state index in [2.05, 4.69) is 20.9 Å². The van der Waals surface area contributed by atoms with Gasteiger partial charge in [0.15, 0.2) is 5.43 Å². The maximum absolute atomic E-state index is 13.6. The summed E-state index contributed by atoms with van der Waals surface area (Å²) in [6.45, 7) is 5.58. The molecule has 4 heteroatoms. The number of nitrogens with one attached hydrogen (secondary N) is 1. The van der Waals surface area contributed by atoms with Crippen LogP contribution in [0, 0.1) is 19.7 Å². The summed E-state index contributed by atoms with van der Waals surface area (Å²) in [6, 6.07) is 1.42. The highest BCUT2D eigenvalue weighted by molar-refractivity contribution is 9.10. The van der Waals surface area contributed by atoms with Crippen molar-refractivity contribution in [2.75, 3.05) is 0 Å². The Balaban J connectivity index is 3.08. The first-order valence-corrected chi connectivity index (χ1v) is 6.26. The molecule has 0 bridgehead atoms. The molecule has 0 saturated carbocycles. The number of hydrogen-bond acceptors (Lipinski definition) is 1. The monoisotopic (exact) mass is 297 g/mol. The zero-order chi connectivity index (χ0) is 12.7. The first-order valence-electron chi connectivity index (χ1n) is 5.47. The quantitative estimate of drug-likeness (QED) is 0.857. The van der Waals surface area contributed by atoms with E-state index in [-0.39, 0.29) is 9.90 Å². The smallest absolute Gasteiger partial charge is 0.194 e. The lowest BCUT2D eigenvalue weighted by molar-refractivity contribution is 0.622. The van der Waals surface area contributed by atoms with Crippen LogP contribution in [0.2, 0.25) is 0 Å². The predicted octanol–water partition coefficient (Wildman–Crippen LogP) is 3.61. The maximum atomic E-state index is 13.6. The van der Waals surface area contributed by atoms with Gasteiger partial charge in [0.25, 0.3) is 0 Å². The second-order valence-electron chi connectivity index (χ2n) is 4.15. The summed E-state index contributed by atoms with van der Waals surface area (Å²) in [5.74, 6) is -0.397. The van der Waals surface area contributed by atoms with Crippen molar-refractivity contribution in [3.05, 3.63) is 43.4 Å². The van der Waals surface area contributed by atoms with E-state index < -0.39 is 5.82 Å². The molecule has 90 valence electrons. The summed E-state index contributed by atoms with van der Waals surface area (Å²) in [6.07, 6.45) is 0.638. The van der Waals surface area contributed by atoms with E-state index in [1.165, 1.54) is 6.07 Å². The van der Waals surface area contributed by atoms with Gasteiger partial charge in [-0.15, -0.1) is 0 Å². The van der Waals surface area contributed by atoms with Gasteiger partial charge >= 0.3 is 0 Å². The summed E-state index contributed by atoms with van der Waals surface area (Å²) in [5.41, 5.74) is 2.92. The molecule has 2 rings (SSSR count). The van der Waals surface area contributed by atoms with Crippen molar-refractivity contribution in [2.24, 2.45) is 0 Å². The topological polar surface area (TPSA) is 32.9 Å². The molecule has 1 N–H and O–H groups in total. The van der Waals surface area contributed by atoms with Gasteiger partial charge in [0.05, 0.1) is 15.4 Å². The highest BCUT2D eigenvalue weighted by Gasteiger charge is 2.15. The van der Waals surface area contributed by atoms with Crippen LogP contribution in [-0.4, -0.2) is 4.98 Å². The molecule has 0 saturated heterocycles. The Labute approximate surface area is 107 Å². The van der Waals surface area contributed by atoms with Crippen molar-refractivity contribution < 1.29 is 4.39 Å². The van der Waals surface area contributed by atoms with E-state index in [4.69, 9.17) is 0 Å². The molecule has 0 spiro atoms. The van der Waals surface area contributed by atoms with Crippen molar-refractivity contribution in [3.8, 4) is 0 Å². The third-order valence-electron chi connectivity index (χ3n) is 3.04. The van der Waals surface area contributed by atoms with E-state index in [9.17, 15) is 9.18 Å². The van der Waals surface area contributed by atoms with Gasteiger partial charge in [0, 0.05) is 11.3 Å². The normalized spacial score (nSPS) is 11.1. The Morgan fingerprint density at radius 1 is 1.41 bits per heavy atom. The van der Waals surface area contributed by atoms with Gasteiger partial charge in [-0.05, 0) is 47.8 Å². The molecule has 1 heterocycles.